The minimum Gasteiger partial charge on any atom is -0.330 e. The van der Waals surface area contributed by atoms with Crippen molar-refractivity contribution in [2.45, 2.75) is 38.6 Å². The van der Waals surface area contributed by atoms with Crippen LogP contribution >= 0.6 is 0 Å². The molecule has 0 radical (unpaired) electrons. The Hall–Kier alpha value is -0.830. The maximum absolute atomic E-state index is 5.50. The van der Waals surface area contributed by atoms with E-state index < -0.39 is 0 Å². The second kappa shape index (κ2) is 4.60. The van der Waals surface area contributed by atoms with Crippen LogP contribution in [0.2, 0.25) is 0 Å². The molecule has 14 heavy (non-hydrogen) atoms. The molecule has 1 aromatic heterocycles. The molecule has 0 unspecified atom stereocenters. The first-order valence-electron chi connectivity index (χ1n) is 5.60. The Bertz CT molecular complexity index is 274. The van der Waals surface area contributed by atoms with Crippen molar-refractivity contribution in [3.63, 3.8) is 0 Å². The van der Waals surface area contributed by atoms with E-state index in [1.54, 1.807) is 0 Å². The molecule has 0 aliphatic heterocycles. The molecular formula is C11H19N3. The Kier molecular flexibility index (Phi) is 3.19. The summed E-state index contributed by atoms with van der Waals surface area (Å²) < 4.78 is 2.08. The van der Waals surface area contributed by atoms with Gasteiger partial charge >= 0.3 is 0 Å². The van der Waals surface area contributed by atoms with Crippen molar-refractivity contribution in [2.75, 3.05) is 6.54 Å². The second-order valence-electron chi connectivity index (χ2n) is 4.26. The first-order chi connectivity index (χ1) is 6.88. The molecule has 78 valence electrons. The van der Waals surface area contributed by atoms with Gasteiger partial charge in [-0.3, -0.25) is 4.68 Å². The summed E-state index contributed by atoms with van der Waals surface area (Å²) in [7, 11) is 0. The summed E-state index contributed by atoms with van der Waals surface area (Å²) in [6.07, 6.45) is 10.6. The molecule has 1 aliphatic rings. The highest BCUT2D eigenvalue weighted by molar-refractivity contribution is 5.04. The molecule has 1 heterocycles. The van der Waals surface area contributed by atoms with E-state index in [0.29, 0.717) is 0 Å². The van der Waals surface area contributed by atoms with Crippen LogP contribution < -0.4 is 5.73 Å². The third-order valence-electron chi connectivity index (χ3n) is 3.04. The maximum Gasteiger partial charge on any atom is 0.0522 e. The molecule has 1 aliphatic carbocycles. The van der Waals surface area contributed by atoms with Crippen LogP contribution in [0.4, 0.5) is 0 Å². The van der Waals surface area contributed by atoms with Gasteiger partial charge < -0.3 is 5.73 Å². The van der Waals surface area contributed by atoms with E-state index in [4.69, 9.17) is 5.73 Å². The zero-order valence-corrected chi connectivity index (χ0v) is 8.65. The fraction of sp³-hybridized carbons (Fsp3) is 0.727. The van der Waals surface area contributed by atoms with Gasteiger partial charge in [0.25, 0.3) is 0 Å². The number of rotatable bonds is 4. The largest absolute Gasteiger partial charge is 0.330 e. The van der Waals surface area contributed by atoms with Crippen molar-refractivity contribution in [1.29, 1.82) is 0 Å². The standard InChI is InChI=1S/C11H19N3/c12-6-5-11-7-13-14(9-11)8-10-3-1-2-4-10/h7,9-10H,1-6,8,12H2. The average Bonchev–Trinajstić information content (AvgIpc) is 2.79. The summed E-state index contributed by atoms with van der Waals surface area (Å²) in [6.45, 7) is 1.82. The highest BCUT2D eigenvalue weighted by atomic mass is 15.3. The SMILES string of the molecule is NCCc1cnn(CC2CCCC2)c1. The van der Waals surface area contributed by atoms with Crippen LogP contribution in [-0.2, 0) is 13.0 Å². The Labute approximate surface area is 85.3 Å². The van der Waals surface area contributed by atoms with Gasteiger partial charge in [0.05, 0.1) is 6.20 Å². The number of hydrogen-bond acceptors (Lipinski definition) is 2. The molecular weight excluding hydrogens is 174 g/mol. The summed E-state index contributed by atoms with van der Waals surface area (Å²) in [6, 6.07) is 0. The number of nitrogens with two attached hydrogens (primary N) is 1. The van der Waals surface area contributed by atoms with Crippen LogP contribution in [-0.4, -0.2) is 16.3 Å². The van der Waals surface area contributed by atoms with Crippen molar-refractivity contribution in [1.82, 2.24) is 9.78 Å². The molecule has 3 heteroatoms. The zero-order valence-electron chi connectivity index (χ0n) is 8.65. The Balaban J connectivity index is 1.88. The van der Waals surface area contributed by atoms with Gasteiger partial charge in [-0.15, -0.1) is 0 Å². The lowest BCUT2D eigenvalue weighted by atomic mass is 10.1. The van der Waals surface area contributed by atoms with Crippen molar-refractivity contribution < 1.29 is 0 Å². The predicted octanol–water partition coefficient (Wildman–Crippen LogP) is 1.57. The first-order valence-corrected chi connectivity index (χ1v) is 5.60. The predicted molar refractivity (Wildman–Crippen MR) is 56.9 cm³/mol. The molecule has 3 nitrogen and oxygen atoms in total. The summed E-state index contributed by atoms with van der Waals surface area (Å²) in [5.74, 6) is 0.862. The van der Waals surface area contributed by atoms with Gasteiger partial charge in [-0.25, -0.2) is 0 Å². The highest BCUT2D eigenvalue weighted by Crippen LogP contribution is 2.25. The quantitative estimate of drug-likeness (QED) is 0.789. The second-order valence-corrected chi connectivity index (χ2v) is 4.26. The van der Waals surface area contributed by atoms with Crippen molar-refractivity contribution in [3.8, 4) is 0 Å². The van der Waals surface area contributed by atoms with E-state index in [0.717, 1.165) is 25.4 Å². The molecule has 0 amide bonds. The zero-order chi connectivity index (χ0) is 9.80. The minimum atomic E-state index is 0.717. The lowest BCUT2D eigenvalue weighted by Gasteiger charge is -2.07. The Morgan fingerprint density at radius 2 is 2.21 bits per heavy atom. The molecule has 1 saturated carbocycles. The molecule has 0 atom stereocenters. The smallest absolute Gasteiger partial charge is 0.0522 e. The van der Waals surface area contributed by atoms with Gasteiger partial charge in [0, 0.05) is 12.7 Å². The molecule has 0 spiro atoms. The molecule has 2 N–H and O–H groups in total. The lowest BCUT2D eigenvalue weighted by Crippen LogP contribution is -2.07. The fourth-order valence-corrected chi connectivity index (χ4v) is 2.26. The third-order valence-corrected chi connectivity index (χ3v) is 3.04. The summed E-state index contributed by atoms with van der Waals surface area (Å²) in [4.78, 5) is 0. The van der Waals surface area contributed by atoms with Gasteiger partial charge in [-0.05, 0) is 37.3 Å². The van der Waals surface area contributed by atoms with E-state index >= 15 is 0 Å². The Morgan fingerprint density at radius 1 is 1.43 bits per heavy atom. The van der Waals surface area contributed by atoms with Gasteiger partial charge in [-0.2, -0.15) is 5.10 Å². The molecule has 0 bridgehead atoms. The Morgan fingerprint density at radius 3 is 2.93 bits per heavy atom. The number of hydrogen-bond donors (Lipinski definition) is 1. The van der Waals surface area contributed by atoms with E-state index in [1.165, 1.54) is 31.2 Å². The minimum absolute atomic E-state index is 0.717. The fourth-order valence-electron chi connectivity index (χ4n) is 2.26. The van der Waals surface area contributed by atoms with E-state index in [-0.39, 0.29) is 0 Å². The number of nitrogens with zero attached hydrogens (tertiary/aromatic N) is 2. The molecule has 2 rings (SSSR count). The van der Waals surface area contributed by atoms with Gasteiger partial charge in [0.15, 0.2) is 0 Å². The van der Waals surface area contributed by atoms with E-state index in [9.17, 15) is 0 Å². The van der Waals surface area contributed by atoms with Gasteiger partial charge in [0.2, 0.25) is 0 Å². The average molecular weight is 193 g/mol. The van der Waals surface area contributed by atoms with Gasteiger partial charge in [-0.1, -0.05) is 12.8 Å². The number of aromatic nitrogens is 2. The normalized spacial score (nSPS) is 17.8. The first kappa shape index (κ1) is 9.71. The molecule has 1 aromatic rings. The molecule has 0 aromatic carbocycles. The van der Waals surface area contributed by atoms with Crippen molar-refractivity contribution in [3.05, 3.63) is 18.0 Å². The highest BCUT2D eigenvalue weighted by Gasteiger charge is 2.15. The molecule has 1 fully saturated rings. The monoisotopic (exact) mass is 193 g/mol. The van der Waals surface area contributed by atoms with Crippen LogP contribution in [0.5, 0.6) is 0 Å². The van der Waals surface area contributed by atoms with Gasteiger partial charge in [0.1, 0.15) is 0 Å². The third kappa shape index (κ3) is 2.35. The topological polar surface area (TPSA) is 43.8 Å². The van der Waals surface area contributed by atoms with E-state index in [2.05, 4.69) is 16.0 Å². The van der Waals surface area contributed by atoms with Crippen LogP contribution in [0.1, 0.15) is 31.2 Å². The van der Waals surface area contributed by atoms with Crippen LogP contribution in [0.15, 0.2) is 12.4 Å². The van der Waals surface area contributed by atoms with Crippen LogP contribution in [0.3, 0.4) is 0 Å². The summed E-state index contributed by atoms with van der Waals surface area (Å²) >= 11 is 0. The molecule has 0 saturated heterocycles. The van der Waals surface area contributed by atoms with Crippen LogP contribution in [0.25, 0.3) is 0 Å². The van der Waals surface area contributed by atoms with Crippen molar-refractivity contribution >= 4 is 0 Å². The summed E-state index contributed by atoms with van der Waals surface area (Å²) in [5.41, 5.74) is 6.77. The van der Waals surface area contributed by atoms with Crippen LogP contribution in [0, 0.1) is 5.92 Å². The van der Waals surface area contributed by atoms with E-state index in [1.807, 2.05) is 6.20 Å². The van der Waals surface area contributed by atoms with Crippen molar-refractivity contribution in [2.24, 2.45) is 11.7 Å². The summed E-state index contributed by atoms with van der Waals surface area (Å²) in [5, 5.41) is 4.36. The maximum atomic E-state index is 5.50. The lowest BCUT2D eigenvalue weighted by molar-refractivity contribution is 0.429.